The Kier molecular flexibility index (Phi) is 6.32. The second-order valence-electron chi connectivity index (χ2n) is 9.30. The number of fused-ring (bicyclic) bond motifs is 3. The van der Waals surface area contributed by atoms with Gasteiger partial charge in [0.25, 0.3) is 0 Å². The highest BCUT2D eigenvalue weighted by molar-refractivity contribution is 6.15. The lowest BCUT2D eigenvalue weighted by atomic mass is 10.0. The Labute approximate surface area is 221 Å². The maximum atomic E-state index is 13.2. The van der Waals surface area contributed by atoms with Crippen LogP contribution in [0.4, 0.5) is 0 Å². The first kappa shape index (κ1) is 23.8. The van der Waals surface area contributed by atoms with Gasteiger partial charge in [0.15, 0.2) is 17.3 Å². The third-order valence-electron chi connectivity index (χ3n) is 6.85. The normalized spacial score (nSPS) is 15.4. The van der Waals surface area contributed by atoms with Crippen molar-refractivity contribution >= 4 is 11.9 Å². The lowest BCUT2D eigenvalue weighted by Gasteiger charge is -2.29. The minimum absolute atomic E-state index is 0.119. The molecule has 6 heteroatoms. The van der Waals surface area contributed by atoms with E-state index in [0.29, 0.717) is 48.4 Å². The third-order valence-corrected chi connectivity index (χ3v) is 6.85. The quantitative estimate of drug-likeness (QED) is 0.285. The van der Waals surface area contributed by atoms with E-state index in [-0.39, 0.29) is 5.78 Å². The summed E-state index contributed by atoms with van der Waals surface area (Å²) >= 11 is 0. The summed E-state index contributed by atoms with van der Waals surface area (Å²) in [7, 11) is 3.25. The molecule has 0 aliphatic carbocycles. The third kappa shape index (κ3) is 4.51. The van der Waals surface area contributed by atoms with Gasteiger partial charge >= 0.3 is 0 Å². The highest BCUT2D eigenvalue weighted by Crippen LogP contribution is 2.42. The summed E-state index contributed by atoms with van der Waals surface area (Å²) in [6, 6.07) is 27.8. The molecule has 0 amide bonds. The second kappa shape index (κ2) is 10.1. The molecule has 0 bridgehead atoms. The molecule has 2 aliphatic heterocycles. The molecule has 38 heavy (non-hydrogen) atoms. The summed E-state index contributed by atoms with van der Waals surface area (Å²) in [5.41, 5.74) is 5.68. The fraction of sp³-hybridized carbons (Fsp3) is 0.156. The van der Waals surface area contributed by atoms with Crippen molar-refractivity contribution in [1.29, 1.82) is 0 Å². The van der Waals surface area contributed by atoms with Crippen LogP contribution in [0.5, 0.6) is 23.0 Å². The minimum Gasteiger partial charge on any atom is -0.493 e. The van der Waals surface area contributed by atoms with Crippen LogP contribution in [0.3, 0.4) is 0 Å². The molecule has 0 N–H and O–H groups in total. The van der Waals surface area contributed by atoms with Crippen molar-refractivity contribution in [2.24, 2.45) is 0 Å². The van der Waals surface area contributed by atoms with E-state index in [1.165, 1.54) is 0 Å². The molecule has 190 valence electrons. The van der Waals surface area contributed by atoms with Gasteiger partial charge in [-0.25, -0.2) is 0 Å². The van der Waals surface area contributed by atoms with Crippen molar-refractivity contribution in [3.63, 3.8) is 0 Å². The molecular formula is C32H27NO5. The Hall–Kier alpha value is -4.55. The van der Waals surface area contributed by atoms with E-state index in [2.05, 4.69) is 29.2 Å². The van der Waals surface area contributed by atoms with Gasteiger partial charge in [0, 0.05) is 13.1 Å². The lowest BCUT2D eigenvalue weighted by molar-refractivity contribution is 0.0872. The molecule has 2 heterocycles. The van der Waals surface area contributed by atoms with Gasteiger partial charge in [-0.1, -0.05) is 60.7 Å². The Balaban J connectivity index is 1.22. The van der Waals surface area contributed by atoms with E-state index >= 15 is 0 Å². The van der Waals surface area contributed by atoms with E-state index in [9.17, 15) is 4.79 Å². The number of Topliss-reactive ketones (excluding diaryl/α,β-unsaturated/α-hetero) is 1. The van der Waals surface area contributed by atoms with Crippen LogP contribution < -0.4 is 18.9 Å². The Morgan fingerprint density at radius 2 is 1.63 bits per heavy atom. The molecule has 0 spiro atoms. The molecule has 0 unspecified atom stereocenters. The van der Waals surface area contributed by atoms with E-state index in [0.717, 1.165) is 33.6 Å². The predicted octanol–water partition coefficient (Wildman–Crippen LogP) is 6.34. The SMILES string of the molecule is COc1ccc(CN2COc3ccc4c(c3C2)O/C(=C\c2ccc(-c3ccccc3)cc2)C4=O)cc1OC. The van der Waals surface area contributed by atoms with Crippen LogP contribution in [0.2, 0.25) is 0 Å². The van der Waals surface area contributed by atoms with Gasteiger partial charge in [-0.2, -0.15) is 0 Å². The second-order valence-corrected chi connectivity index (χ2v) is 9.30. The van der Waals surface area contributed by atoms with Crippen LogP contribution in [0.1, 0.15) is 27.0 Å². The molecule has 4 aromatic carbocycles. The van der Waals surface area contributed by atoms with E-state index in [1.807, 2.05) is 54.6 Å². The smallest absolute Gasteiger partial charge is 0.231 e. The van der Waals surface area contributed by atoms with Crippen LogP contribution in [0, 0.1) is 0 Å². The highest BCUT2D eigenvalue weighted by atomic mass is 16.5. The van der Waals surface area contributed by atoms with Crippen molar-refractivity contribution in [1.82, 2.24) is 4.90 Å². The summed E-state index contributed by atoms with van der Waals surface area (Å²) in [5, 5.41) is 0. The molecule has 0 fully saturated rings. The molecule has 0 saturated carbocycles. The Morgan fingerprint density at radius 1 is 0.868 bits per heavy atom. The molecule has 0 radical (unpaired) electrons. The summed E-state index contributed by atoms with van der Waals surface area (Å²) in [4.78, 5) is 15.4. The molecule has 0 atom stereocenters. The van der Waals surface area contributed by atoms with Crippen LogP contribution in [0.15, 0.2) is 90.7 Å². The fourth-order valence-electron chi connectivity index (χ4n) is 4.90. The lowest BCUT2D eigenvalue weighted by Crippen LogP contribution is -2.31. The van der Waals surface area contributed by atoms with Crippen LogP contribution in [-0.4, -0.2) is 31.6 Å². The van der Waals surface area contributed by atoms with Crippen LogP contribution in [-0.2, 0) is 13.1 Å². The maximum absolute atomic E-state index is 13.2. The fourth-order valence-corrected chi connectivity index (χ4v) is 4.90. The summed E-state index contributed by atoms with van der Waals surface area (Å²) in [6.07, 6.45) is 1.80. The van der Waals surface area contributed by atoms with Gasteiger partial charge in [-0.05, 0) is 52.6 Å². The zero-order valence-electron chi connectivity index (χ0n) is 21.3. The standard InChI is InChI=1S/C32H27NO5/c1-35-28-14-10-22(17-29(28)36-2)18-33-19-26-27(37-20-33)15-13-25-31(34)30(38-32(25)26)16-21-8-11-24(12-9-21)23-6-4-3-5-7-23/h3-17H,18-20H2,1-2H3/b30-16-. The number of hydrogen-bond acceptors (Lipinski definition) is 6. The average molecular weight is 506 g/mol. The van der Waals surface area contributed by atoms with Gasteiger partial charge in [0.05, 0.1) is 25.3 Å². The summed E-state index contributed by atoms with van der Waals surface area (Å²) < 4.78 is 23.0. The molecule has 0 aromatic heterocycles. The number of methoxy groups -OCH3 is 2. The van der Waals surface area contributed by atoms with Crippen molar-refractivity contribution in [3.05, 3.63) is 113 Å². The Bertz CT molecular complexity index is 1530. The molecule has 2 aliphatic rings. The average Bonchev–Trinajstić information content (AvgIpc) is 3.29. The molecule has 6 rings (SSSR count). The topological polar surface area (TPSA) is 57.2 Å². The number of benzene rings is 4. The van der Waals surface area contributed by atoms with Gasteiger partial charge in [0.1, 0.15) is 18.2 Å². The van der Waals surface area contributed by atoms with Crippen LogP contribution in [0.25, 0.3) is 17.2 Å². The zero-order valence-corrected chi connectivity index (χ0v) is 21.3. The van der Waals surface area contributed by atoms with E-state index in [1.54, 1.807) is 26.4 Å². The first-order chi connectivity index (χ1) is 18.6. The largest absolute Gasteiger partial charge is 0.493 e. The molecule has 6 nitrogen and oxygen atoms in total. The van der Waals surface area contributed by atoms with Gasteiger partial charge in [0.2, 0.25) is 5.78 Å². The number of ketones is 1. The number of ether oxygens (including phenoxy) is 4. The van der Waals surface area contributed by atoms with E-state index in [4.69, 9.17) is 18.9 Å². The molecule has 4 aromatic rings. The highest BCUT2D eigenvalue weighted by Gasteiger charge is 2.33. The monoisotopic (exact) mass is 505 g/mol. The van der Waals surface area contributed by atoms with Gasteiger partial charge < -0.3 is 18.9 Å². The van der Waals surface area contributed by atoms with Gasteiger partial charge in [-0.15, -0.1) is 0 Å². The van der Waals surface area contributed by atoms with Crippen molar-refractivity contribution in [3.8, 4) is 34.1 Å². The Morgan fingerprint density at radius 3 is 2.39 bits per heavy atom. The summed E-state index contributed by atoms with van der Waals surface area (Å²) in [5.74, 6) is 2.90. The predicted molar refractivity (Wildman–Crippen MR) is 146 cm³/mol. The number of allylic oxidation sites excluding steroid dienone is 1. The van der Waals surface area contributed by atoms with Crippen molar-refractivity contribution < 1.29 is 23.7 Å². The van der Waals surface area contributed by atoms with Crippen LogP contribution >= 0.6 is 0 Å². The first-order valence-electron chi connectivity index (χ1n) is 12.4. The molecular weight excluding hydrogens is 478 g/mol. The van der Waals surface area contributed by atoms with Crippen molar-refractivity contribution in [2.45, 2.75) is 13.1 Å². The number of hydrogen-bond donors (Lipinski definition) is 0. The number of nitrogens with zero attached hydrogens (tertiary/aromatic N) is 1. The van der Waals surface area contributed by atoms with E-state index < -0.39 is 0 Å². The summed E-state index contributed by atoms with van der Waals surface area (Å²) in [6.45, 7) is 1.68. The maximum Gasteiger partial charge on any atom is 0.231 e. The first-order valence-corrected chi connectivity index (χ1v) is 12.4. The number of rotatable bonds is 6. The molecule has 0 saturated heterocycles. The zero-order chi connectivity index (χ0) is 26.1. The number of carbonyl (C=O) groups excluding carboxylic acids is 1. The minimum atomic E-state index is -0.119. The number of carbonyl (C=O) groups is 1. The van der Waals surface area contributed by atoms with Crippen molar-refractivity contribution in [2.75, 3.05) is 21.0 Å². The van der Waals surface area contributed by atoms with Gasteiger partial charge in [-0.3, -0.25) is 9.69 Å².